The van der Waals surface area contributed by atoms with E-state index in [-0.39, 0.29) is 28.4 Å². The molecule has 2 aliphatic rings. The number of nitro groups is 1. The molecule has 0 bridgehead atoms. The molecule has 1 amide bonds. The molecule has 10 nitrogen and oxygen atoms in total. The minimum atomic E-state index is -1.00. The Hall–Kier alpha value is -3.47. The minimum absolute atomic E-state index is 0.154. The van der Waals surface area contributed by atoms with Crippen molar-refractivity contribution in [2.24, 2.45) is 0 Å². The van der Waals surface area contributed by atoms with Gasteiger partial charge in [0.25, 0.3) is 17.4 Å². The lowest BCUT2D eigenvalue weighted by atomic mass is 9.95. The van der Waals surface area contributed by atoms with Gasteiger partial charge in [-0.2, -0.15) is 0 Å². The monoisotopic (exact) mass is 501 g/mol. The maximum Gasteiger partial charge on any atom is 0.295 e. The van der Waals surface area contributed by atoms with Crippen molar-refractivity contribution in [3.63, 3.8) is 0 Å². The second-order valence-electron chi connectivity index (χ2n) is 8.15. The van der Waals surface area contributed by atoms with E-state index in [1.165, 1.54) is 48.4 Å². The fourth-order valence-electron chi connectivity index (χ4n) is 4.31. The lowest BCUT2D eigenvalue weighted by molar-refractivity contribution is -0.384. The van der Waals surface area contributed by atoms with E-state index in [4.69, 9.17) is 21.1 Å². The number of rotatable bonds is 7. The summed E-state index contributed by atoms with van der Waals surface area (Å²) >= 11 is 6.21. The van der Waals surface area contributed by atoms with Gasteiger partial charge in [0.15, 0.2) is 0 Å². The van der Waals surface area contributed by atoms with Crippen molar-refractivity contribution in [1.82, 2.24) is 9.80 Å². The first-order valence-corrected chi connectivity index (χ1v) is 11.4. The van der Waals surface area contributed by atoms with Crippen LogP contribution in [-0.4, -0.2) is 78.0 Å². The molecule has 4 rings (SSSR count). The number of nitrogens with zero attached hydrogens (tertiary/aromatic N) is 3. The molecule has 11 heteroatoms. The lowest BCUT2D eigenvalue weighted by Crippen LogP contribution is -2.42. The van der Waals surface area contributed by atoms with Gasteiger partial charge in [0.2, 0.25) is 0 Å². The number of Topliss-reactive ketones (excluding diaryl/α,β-unsaturated/α-hetero) is 1. The van der Waals surface area contributed by atoms with E-state index >= 15 is 0 Å². The van der Waals surface area contributed by atoms with Gasteiger partial charge in [0, 0.05) is 43.9 Å². The zero-order valence-electron chi connectivity index (χ0n) is 19.0. The number of non-ortho nitro benzene ring substituents is 1. The molecule has 0 aliphatic carbocycles. The summed E-state index contributed by atoms with van der Waals surface area (Å²) in [5.41, 5.74) is 0.228. The maximum atomic E-state index is 13.2. The molecule has 1 N–H and O–H groups in total. The second-order valence-corrected chi connectivity index (χ2v) is 8.56. The molecule has 0 unspecified atom stereocenters. The van der Waals surface area contributed by atoms with E-state index in [9.17, 15) is 24.8 Å². The summed E-state index contributed by atoms with van der Waals surface area (Å²) in [5, 5.41) is 22.8. The summed E-state index contributed by atoms with van der Waals surface area (Å²) in [5.74, 6) is -1.69. The van der Waals surface area contributed by atoms with Crippen LogP contribution in [0.15, 0.2) is 48.0 Å². The van der Waals surface area contributed by atoms with Gasteiger partial charge in [0.05, 0.1) is 41.9 Å². The maximum absolute atomic E-state index is 13.2. The molecule has 2 heterocycles. The van der Waals surface area contributed by atoms with Gasteiger partial charge in [-0.05, 0) is 23.8 Å². The summed E-state index contributed by atoms with van der Waals surface area (Å²) in [4.78, 5) is 40.6. The van der Waals surface area contributed by atoms with E-state index in [1.807, 2.05) is 0 Å². The van der Waals surface area contributed by atoms with Crippen LogP contribution in [0.25, 0.3) is 5.76 Å². The van der Waals surface area contributed by atoms with Crippen molar-refractivity contribution >= 4 is 34.7 Å². The van der Waals surface area contributed by atoms with Crippen LogP contribution in [0.5, 0.6) is 5.75 Å². The van der Waals surface area contributed by atoms with Crippen LogP contribution in [0, 0.1) is 10.1 Å². The molecule has 2 aromatic rings. The summed E-state index contributed by atoms with van der Waals surface area (Å²) in [6.45, 7) is 3.20. The van der Waals surface area contributed by atoms with Crippen LogP contribution in [0.4, 0.5) is 5.69 Å². The third kappa shape index (κ3) is 5.00. The molecular formula is C24H24ClN3O7. The van der Waals surface area contributed by atoms with E-state index in [0.717, 1.165) is 0 Å². The van der Waals surface area contributed by atoms with Crippen molar-refractivity contribution in [3.05, 3.63) is 74.3 Å². The zero-order valence-corrected chi connectivity index (χ0v) is 19.7. The number of ether oxygens (including phenoxy) is 2. The lowest BCUT2D eigenvalue weighted by Gasteiger charge is -2.31. The first kappa shape index (κ1) is 24.6. The topological polar surface area (TPSA) is 122 Å². The molecule has 35 heavy (non-hydrogen) atoms. The number of benzene rings is 2. The van der Waals surface area contributed by atoms with Crippen LogP contribution in [0.3, 0.4) is 0 Å². The van der Waals surface area contributed by atoms with E-state index in [1.54, 1.807) is 6.07 Å². The predicted octanol–water partition coefficient (Wildman–Crippen LogP) is 3.01. The van der Waals surface area contributed by atoms with Gasteiger partial charge in [-0.25, -0.2) is 0 Å². The number of hydrogen-bond acceptors (Lipinski definition) is 8. The summed E-state index contributed by atoms with van der Waals surface area (Å²) in [7, 11) is 1.45. The number of methoxy groups -OCH3 is 1. The van der Waals surface area contributed by atoms with Crippen LogP contribution in [0.2, 0.25) is 5.02 Å². The number of hydrogen-bond donors (Lipinski definition) is 1. The molecule has 0 spiro atoms. The summed E-state index contributed by atoms with van der Waals surface area (Å²) in [6, 6.07) is 9.21. The molecular weight excluding hydrogens is 478 g/mol. The fourth-order valence-corrected chi connectivity index (χ4v) is 4.57. The number of aliphatic hydroxyl groups is 1. The second kappa shape index (κ2) is 10.4. The molecule has 2 aliphatic heterocycles. The molecule has 0 saturated carbocycles. The van der Waals surface area contributed by atoms with E-state index < -0.39 is 28.4 Å². The van der Waals surface area contributed by atoms with Crippen LogP contribution in [-0.2, 0) is 14.3 Å². The highest BCUT2D eigenvalue weighted by molar-refractivity contribution is 6.46. The highest BCUT2D eigenvalue weighted by atomic mass is 35.5. The van der Waals surface area contributed by atoms with Crippen molar-refractivity contribution in [2.45, 2.75) is 6.04 Å². The molecule has 2 aromatic carbocycles. The third-order valence-corrected chi connectivity index (χ3v) is 6.42. The number of ketones is 1. The van der Waals surface area contributed by atoms with Crippen LogP contribution >= 0.6 is 11.6 Å². The van der Waals surface area contributed by atoms with Gasteiger partial charge in [0.1, 0.15) is 11.5 Å². The fraction of sp³-hybridized carbons (Fsp3) is 0.333. The van der Waals surface area contributed by atoms with Crippen molar-refractivity contribution in [3.8, 4) is 5.75 Å². The minimum Gasteiger partial charge on any atom is -0.507 e. The quantitative estimate of drug-likeness (QED) is 0.202. The number of amides is 1. The van der Waals surface area contributed by atoms with Crippen molar-refractivity contribution in [2.75, 3.05) is 46.5 Å². The predicted molar refractivity (Wildman–Crippen MR) is 127 cm³/mol. The molecule has 2 fully saturated rings. The standard InChI is InChI=1S/C24H24ClN3O7/c1-34-19-6-5-16(14-18(19)25)22(29)20-21(15-3-2-4-17(13-15)28(32)33)27(24(31)23(20)30)8-7-26-9-11-35-12-10-26/h2-6,13-14,21,29H,7-12H2,1H3/t21-/m0/s1. The summed E-state index contributed by atoms with van der Waals surface area (Å²) < 4.78 is 10.5. The van der Waals surface area contributed by atoms with Crippen LogP contribution < -0.4 is 4.74 Å². The van der Waals surface area contributed by atoms with Gasteiger partial charge in [-0.15, -0.1) is 0 Å². The van der Waals surface area contributed by atoms with Gasteiger partial charge in [-0.1, -0.05) is 23.7 Å². The summed E-state index contributed by atoms with van der Waals surface area (Å²) in [6.07, 6.45) is 0. The average Bonchev–Trinajstić information content (AvgIpc) is 3.12. The number of likely N-dealkylation sites (tertiary alicyclic amines) is 1. The highest BCUT2D eigenvalue weighted by Gasteiger charge is 2.46. The van der Waals surface area contributed by atoms with Crippen LogP contribution in [0.1, 0.15) is 17.2 Å². The van der Waals surface area contributed by atoms with E-state index in [2.05, 4.69) is 4.90 Å². The van der Waals surface area contributed by atoms with Gasteiger partial charge < -0.3 is 19.5 Å². The first-order valence-electron chi connectivity index (χ1n) is 11.0. The molecule has 0 aromatic heterocycles. The number of aliphatic hydroxyl groups excluding tert-OH is 1. The smallest absolute Gasteiger partial charge is 0.295 e. The highest BCUT2D eigenvalue weighted by Crippen LogP contribution is 2.41. The zero-order chi connectivity index (χ0) is 25.1. The normalized spacial score (nSPS) is 20.3. The largest absolute Gasteiger partial charge is 0.507 e. The number of halogens is 1. The number of nitro benzene ring substituents is 1. The SMILES string of the molecule is COc1ccc(C(O)=C2C(=O)C(=O)N(CCN3CCOCC3)[C@H]2c2cccc([N+](=O)[O-])c2)cc1Cl. The number of morpholine rings is 1. The Kier molecular flexibility index (Phi) is 7.34. The Morgan fingerprint density at radius 3 is 2.60 bits per heavy atom. The van der Waals surface area contributed by atoms with Crippen molar-refractivity contribution in [1.29, 1.82) is 0 Å². The van der Waals surface area contributed by atoms with E-state index in [0.29, 0.717) is 44.2 Å². The number of carbonyl (C=O) groups is 2. The Morgan fingerprint density at radius 1 is 1.20 bits per heavy atom. The molecule has 1 atom stereocenters. The molecule has 2 saturated heterocycles. The Labute approximate surface area is 206 Å². The average molecular weight is 502 g/mol. The molecule has 0 radical (unpaired) electrons. The van der Waals surface area contributed by atoms with Gasteiger partial charge >= 0.3 is 0 Å². The Bertz CT molecular complexity index is 1190. The number of carbonyl (C=O) groups excluding carboxylic acids is 2. The van der Waals surface area contributed by atoms with Crippen molar-refractivity contribution < 1.29 is 29.1 Å². The molecule has 184 valence electrons. The Balaban J connectivity index is 1.78. The third-order valence-electron chi connectivity index (χ3n) is 6.12. The Morgan fingerprint density at radius 2 is 1.94 bits per heavy atom. The first-order chi connectivity index (χ1) is 16.8. The van der Waals surface area contributed by atoms with Gasteiger partial charge in [-0.3, -0.25) is 24.6 Å².